The van der Waals surface area contributed by atoms with Gasteiger partial charge in [0.15, 0.2) is 17.3 Å². The van der Waals surface area contributed by atoms with Gasteiger partial charge in [0.2, 0.25) is 35.4 Å². The standard InChI is InChI=1S/C19H18N10O4/c1-9(30)20-16-15(27-33-28-16)17-23-12-6-4-5-7-13(12)29(17)8-14-24-18(21-10(2)31)26-19(25-14)22-11(3)32/h4-7H,8H2,1-3H3,(H,20,28,30)(H2,21,22,24,25,26,31,32). The van der Waals surface area contributed by atoms with Gasteiger partial charge in [-0.25, -0.2) is 9.61 Å². The van der Waals surface area contributed by atoms with Crippen LogP contribution in [0.4, 0.5) is 17.7 Å². The van der Waals surface area contributed by atoms with Crippen LogP contribution in [0, 0.1) is 0 Å². The summed E-state index contributed by atoms with van der Waals surface area (Å²) in [5.74, 6) is -0.511. The monoisotopic (exact) mass is 450 g/mol. The van der Waals surface area contributed by atoms with E-state index in [9.17, 15) is 14.4 Å². The second kappa shape index (κ2) is 8.78. The van der Waals surface area contributed by atoms with E-state index < -0.39 is 0 Å². The fraction of sp³-hybridized carbons (Fsp3) is 0.211. The SMILES string of the molecule is CC(=O)Nc1nc(Cn2c(-c3nonc3NC(C)=O)nc3ccccc32)nc(NC(C)=O)n1. The van der Waals surface area contributed by atoms with E-state index in [0.29, 0.717) is 16.9 Å². The number of nitrogens with zero attached hydrogens (tertiary/aromatic N) is 7. The molecule has 4 rings (SSSR count). The van der Waals surface area contributed by atoms with Crippen LogP contribution in [-0.2, 0) is 20.9 Å². The lowest BCUT2D eigenvalue weighted by Gasteiger charge is -2.10. The summed E-state index contributed by atoms with van der Waals surface area (Å²) in [7, 11) is 0. The third kappa shape index (κ3) is 4.79. The molecule has 0 atom stereocenters. The molecule has 0 spiro atoms. The van der Waals surface area contributed by atoms with Gasteiger partial charge in [0.05, 0.1) is 17.6 Å². The van der Waals surface area contributed by atoms with Gasteiger partial charge in [0.25, 0.3) is 0 Å². The zero-order chi connectivity index (χ0) is 23.5. The topological polar surface area (TPSA) is 183 Å². The van der Waals surface area contributed by atoms with Gasteiger partial charge in [-0.1, -0.05) is 12.1 Å². The fourth-order valence-corrected chi connectivity index (χ4v) is 3.06. The van der Waals surface area contributed by atoms with Crippen molar-refractivity contribution >= 4 is 46.5 Å². The predicted octanol–water partition coefficient (Wildman–Crippen LogP) is 1.19. The Hall–Kier alpha value is -4.75. The van der Waals surface area contributed by atoms with Crippen LogP contribution in [0.1, 0.15) is 26.6 Å². The molecule has 0 bridgehead atoms. The van der Waals surface area contributed by atoms with Crippen molar-refractivity contribution in [3.63, 3.8) is 0 Å². The molecule has 4 aromatic rings. The van der Waals surface area contributed by atoms with Crippen molar-refractivity contribution < 1.29 is 19.0 Å². The van der Waals surface area contributed by atoms with Crippen molar-refractivity contribution in [1.82, 2.24) is 34.8 Å². The van der Waals surface area contributed by atoms with Crippen molar-refractivity contribution in [3.05, 3.63) is 30.1 Å². The number of benzene rings is 1. The van der Waals surface area contributed by atoms with E-state index in [0.717, 1.165) is 0 Å². The molecule has 3 heterocycles. The Labute approximate surface area is 185 Å². The van der Waals surface area contributed by atoms with Gasteiger partial charge < -0.3 is 9.88 Å². The average Bonchev–Trinajstić information content (AvgIpc) is 3.31. The third-order valence-corrected chi connectivity index (χ3v) is 4.21. The van der Waals surface area contributed by atoms with Crippen LogP contribution in [0.15, 0.2) is 28.9 Å². The molecule has 33 heavy (non-hydrogen) atoms. The Kier molecular flexibility index (Phi) is 5.71. The molecule has 14 nitrogen and oxygen atoms in total. The van der Waals surface area contributed by atoms with Gasteiger partial charge in [0, 0.05) is 20.8 Å². The molecule has 0 radical (unpaired) electrons. The molecule has 1 aromatic carbocycles. The lowest BCUT2D eigenvalue weighted by molar-refractivity contribution is -0.115. The van der Waals surface area contributed by atoms with Crippen LogP contribution in [0.2, 0.25) is 0 Å². The van der Waals surface area contributed by atoms with Gasteiger partial charge in [0.1, 0.15) is 0 Å². The average molecular weight is 450 g/mol. The van der Waals surface area contributed by atoms with Crippen LogP contribution in [0.3, 0.4) is 0 Å². The Morgan fingerprint density at radius 1 is 0.848 bits per heavy atom. The van der Waals surface area contributed by atoms with Crippen molar-refractivity contribution in [2.24, 2.45) is 0 Å². The predicted molar refractivity (Wildman–Crippen MR) is 115 cm³/mol. The fourth-order valence-electron chi connectivity index (χ4n) is 3.06. The number of amides is 3. The first-order chi connectivity index (χ1) is 15.8. The molecule has 168 valence electrons. The molecule has 0 aliphatic rings. The molecule has 0 saturated heterocycles. The second-order valence-corrected chi connectivity index (χ2v) is 6.91. The first-order valence-corrected chi connectivity index (χ1v) is 9.66. The molecular weight excluding hydrogens is 432 g/mol. The van der Waals surface area contributed by atoms with Crippen molar-refractivity contribution in [2.75, 3.05) is 16.0 Å². The maximum absolute atomic E-state index is 11.6. The molecule has 0 unspecified atom stereocenters. The number of anilines is 3. The summed E-state index contributed by atoms with van der Waals surface area (Å²) in [5.41, 5.74) is 1.56. The minimum atomic E-state index is -0.386. The number of hydrogen-bond acceptors (Lipinski definition) is 10. The van der Waals surface area contributed by atoms with Crippen LogP contribution < -0.4 is 16.0 Å². The first kappa shape index (κ1) is 21.5. The molecule has 0 fully saturated rings. The summed E-state index contributed by atoms with van der Waals surface area (Å²) in [4.78, 5) is 51.7. The van der Waals surface area contributed by atoms with E-state index in [4.69, 9.17) is 4.63 Å². The normalized spacial score (nSPS) is 10.8. The van der Waals surface area contributed by atoms with E-state index in [2.05, 4.69) is 46.2 Å². The Morgan fingerprint density at radius 2 is 1.48 bits per heavy atom. The summed E-state index contributed by atoms with van der Waals surface area (Å²) in [5, 5.41) is 15.2. The highest BCUT2D eigenvalue weighted by Crippen LogP contribution is 2.28. The summed E-state index contributed by atoms with van der Waals surface area (Å²) in [6.07, 6.45) is 0. The number of hydrogen-bond donors (Lipinski definition) is 3. The molecular formula is C19H18N10O4. The zero-order valence-corrected chi connectivity index (χ0v) is 17.8. The van der Waals surface area contributed by atoms with Gasteiger partial charge in [-0.3, -0.25) is 25.0 Å². The largest absolute Gasteiger partial charge is 0.315 e. The third-order valence-electron chi connectivity index (χ3n) is 4.21. The van der Waals surface area contributed by atoms with E-state index in [1.165, 1.54) is 20.8 Å². The van der Waals surface area contributed by atoms with Crippen molar-refractivity contribution in [1.29, 1.82) is 0 Å². The van der Waals surface area contributed by atoms with Crippen LogP contribution in [-0.4, -0.2) is 52.5 Å². The van der Waals surface area contributed by atoms with Gasteiger partial charge in [-0.15, -0.1) is 0 Å². The summed E-state index contributed by atoms with van der Waals surface area (Å²) in [6, 6.07) is 7.30. The smallest absolute Gasteiger partial charge is 0.234 e. The molecule has 3 N–H and O–H groups in total. The van der Waals surface area contributed by atoms with Crippen molar-refractivity contribution in [2.45, 2.75) is 27.3 Å². The molecule has 14 heteroatoms. The summed E-state index contributed by atoms with van der Waals surface area (Å²) in [6.45, 7) is 4.01. The highest BCUT2D eigenvalue weighted by molar-refractivity contribution is 5.92. The maximum Gasteiger partial charge on any atom is 0.234 e. The number of rotatable bonds is 6. The van der Waals surface area contributed by atoms with Crippen LogP contribution in [0.25, 0.3) is 22.6 Å². The van der Waals surface area contributed by atoms with Crippen LogP contribution >= 0.6 is 0 Å². The number of aromatic nitrogens is 7. The number of para-hydroxylation sites is 2. The highest BCUT2D eigenvalue weighted by atomic mass is 16.6. The van der Waals surface area contributed by atoms with E-state index in [-0.39, 0.29) is 53.5 Å². The molecule has 0 saturated carbocycles. The minimum absolute atomic E-state index is 0.0238. The van der Waals surface area contributed by atoms with Crippen LogP contribution in [0.5, 0.6) is 0 Å². The molecule has 3 aromatic heterocycles. The Bertz CT molecular complexity index is 1340. The lowest BCUT2D eigenvalue weighted by atomic mass is 10.3. The zero-order valence-electron chi connectivity index (χ0n) is 17.8. The summed E-state index contributed by atoms with van der Waals surface area (Å²) >= 11 is 0. The van der Waals surface area contributed by atoms with Gasteiger partial charge in [-0.05, 0) is 22.4 Å². The number of fused-ring (bicyclic) bond motifs is 1. The van der Waals surface area contributed by atoms with Gasteiger partial charge >= 0.3 is 0 Å². The maximum atomic E-state index is 11.6. The van der Waals surface area contributed by atoms with E-state index >= 15 is 0 Å². The molecule has 0 aliphatic carbocycles. The van der Waals surface area contributed by atoms with Gasteiger partial charge in [-0.2, -0.15) is 15.0 Å². The number of carbonyl (C=O) groups is 3. The Balaban J connectivity index is 1.83. The quantitative estimate of drug-likeness (QED) is 0.386. The second-order valence-electron chi connectivity index (χ2n) is 6.91. The minimum Gasteiger partial charge on any atom is -0.315 e. The Morgan fingerprint density at radius 3 is 2.12 bits per heavy atom. The number of carbonyl (C=O) groups excluding carboxylic acids is 3. The number of imidazole rings is 1. The highest BCUT2D eigenvalue weighted by Gasteiger charge is 2.22. The molecule has 0 aliphatic heterocycles. The summed E-state index contributed by atoms with van der Waals surface area (Å²) < 4.78 is 6.56. The van der Waals surface area contributed by atoms with E-state index in [1.807, 2.05) is 18.2 Å². The molecule has 3 amide bonds. The first-order valence-electron chi connectivity index (χ1n) is 9.66. The lowest BCUT2D eigenvalue weighted by Crippen LogP contribution is -2.17. The number of nitrogens with one attached hydrogen (secondary N) is 3. The van der Waals surface area contributed by atoms with Crippen molar-refractivity contribution in [3.8, 4) is 11.5 Å². The van der Waals surface area contributed by atoms with E-state index in [1.54, 1.807) is 10.6 Å².